The van der Waals surface area contributed by atoms with Crippen LogP contribution in [-0.2, 0) is 10.0 Å². The van der Waals surface area contributed by atoms with Gasteiger partial charge in [-0.25, -0.2) is 13.4 Å². The fourth-order valence-electron chi connectivity index (χ4n) is 3.42. The fourth-order valence-corrected chi connectivity index (χ4v) is 4.50. The van der Waals surface area contributed by atoms with Crippen LogP contribution in [0.4, 0.5) is 28.8 Å². The van der Waals surface area contributed by atoms with E-state index in [4.69, 9.17) is 0 Å². The third kappa shape index (κ3) is 4.69. The molecule has 13 nitrogen and oxygen atoms in total. The van der Waals surface area contributed by atoms with Crippen LogP contribution in [0, 0.1) is 27.2 Å². The van der Waals surface area contributed by atoms with E-state index >= 15 is 0 Å². The van der Waals surface area contributed by atoms with Gasteiger partial charge in [0.15, 0.2) is 5.82 Å². The van der Waals surface area contributed by atoms with Crippen molar-refractivity contribution in [1.82, 2.24) is 9.97 Å². The second kappa shape index (κ2) is 8.90. The van der Waals surface area contributed by atoms with Crippen molar-refractivity contribution >= 4 is 38.9 Å². The highest BCUT2D eigenvalue weighted by Crippen LogP contribution is 2.33. The van der Waals surface area contributed by atoms with Crippen molar-refractivity contribution < 1.29 is 18.3 Å². The van der Waals surface area contributed by atoms with E-state index in [0.29, 0.717) is 11.8 Å². The second-order valence-corrected chi connectivity index (χ2v) is 9.24. The van der Waals surface area contributed by atoms with Crippen LogP contribution in [0.25, 0.3) is 0 Å². The average molecular weight is 465 g/mol. The van der Waals surface area contributed by atoms with Gasteiger partial charge in [0.2, 0.25) is 5.95 Å². The van der Waals surface area contributed by atoms with Crippen LogP contribution in [0.2, 0.25) is 0 Å². The van der Waals surface area contributed by atoms with Crippen molar-refractivity contribution in [2.24, 2.45) is 0 Å². The summed E-state index contributed by atoms with van der Waals surface area (Å²) >= 11 is 0. The summed E-state index contributed by atoms with van der Waals surface area (Å²) in [6.07, 6.45) is 4.48. The van der Waals surface area contributed by atoms with Crippen LogP contribution in [-0.4, -0.2) is 55.4 Å². The maximum absolute atomic E-state index is 13.0. The molecule has 32 heavy (non-hydrogen) atoms. The molecule has 1 aliphatic heterocycles. The number of benzene rings is 1. The Balaban J connectivity index is 2.02. The van der Waals surface area contributed by atoms with Gasteiger partial charge in [-0.3, -0.25) is 25.0 Å². The van der Waals surface area contributed by atoms with E-state index in [1.165, 1.54) is 13.1 Å². The van der Waals surface area contributed by atoms with Gasteiger partial charge in [-0.15, -0.1) is 0 Å². The van der Waals surface area contributed by atoms with Gasteiger partial charge in [0.25, 0.3) is 21.4 Å². The first-order valence-electron chi connectivity index (χ1n) is 9.77. The van der Waals surface area contributed by atoms with Crippen molar-refractivity contribution in [2.75, 3.05) is 41.7 Å². The summed E-state index contributed by atoms with van der Waals surface area (Å²) in [5, 5.41) is 22.6. The number of nitrogens with one attached hydrogen (secondary N) is 1. The highest BCUT2D eigenvalue weighted by atomic mass is 32.2. The lowest BCUT2D eigenvalue weighted by Crippen LogP contribution is -2.31. The third-order valence-corrected chi connectivity index (χ3v) is 6.44. The molecule has 0 unspecified atom stereocenters. The van der Waals surface area contributed by atoms with E-state index in [-0.39, 0.29) is 11.3 Å². The number of nitro benzene ring substituents is 2. The highest BCUT2D eigenvalue weighted by Gasteiger charge is 2.29. The first kappa shape index (κ1) is 23.1. The molecule has 1 saturated heterocycles. The van der Waals surface area contributed by atoms with E-state index in [9.17, 15) is 28.6 Å². The molecular weight excluding hydrogens is 442 g/mol. The molecule has 0 bridgehead atoms. The fraction of sp³-hybridized carbons (Fsp3) is 0.444. The molecule has 0 atom stereocenters. The molecule has 0 spiro atoms. The minimum Gasteiger partial charge on any atom is -0.361 e. The largest absolute Gasteiger partial charge is 0.361 e. The van der Waals surface area contributed by atoms with Crippen molar-refractivity contribution in [3.8, 4) is 0 Å². The molecule has 1 aromatic heterocycles. The van der Waals surface area contributed by atoms with E-state index < -0.39 is 36.1 Å². The Morgan fingerprint density at radius 3 is 2.12 bits per heavy atom. The summed E-state index contributed by atoms with van der Waals surface area (Å²) in [6, 6.07) is 1.59. The Labute approximate surface area is 184 Å². The van der Waals surface area contributed by atoms with Crippen molar-refractivity contribution in [1.29, 1.82) is 0 Å². The van der Waals surface area contributed by atoms with E-state index in [0.717, 1.165) is 44.5 Å². The zero-order chi connectivity index (χ0) is 23.6. The molecule has 14 heteroatoms. The van der Waals surface area contributed by atoms with Crippen molar-refractivity contribution in [3.05, 3.63) is 44.1 Å². The van der Waals surface area contributed by atoms with Crippen LogP contribution in [0.5, 0.6) is 0 Å². The summed E-state index contributed by atoms with van der Waals surface area (Å²) in [5.74, 6) is 0.762. The van der Waals surface area contributed by atoms with E-state index in [2.05, 4.69) is 14.7 Å². The standard InChI is InChI=1S/C18H23N7O6S/c1-12-15(24(26)27)9-13(10-16(12)25(28)29)32(30,31)21-14-11-19-18(20-17(14)22(2)3)23-7-5-4-6-8-23/h9-11,21H,4-8H2,1-3H3. The van der Waals surface area contributed by atoms with Gasteiger partial charge in [-0.1, -0.05) is 0 Å². The summed E-state index contributed by atoms with van der Waals surface area (Å²) in [6.45, 7) is 2.79. The lowest BCUT2D eigenvalue weighted by molar-refractivity contribution is -0.395. The zero-order valence-corrected chi connectivity index (χ0v) is 18.6. The first-order valence-corrected chi connectivity index (χ1v) is 11.2. The van der Waals surface area contributed by atoms with Gasteiger partial charge in [0, 0.05) is 39.3 Å². The molecule has 1 fully saturated rings. The number of hydrogen-bond acceptors (Lipinski definition) is 10. The molecule has 0 aliphatic carbocycles. The van der Waals surface area contributed by atoms with Crippen LogP contribution in [0.15, 0.2) is 23.2 Å². The Bertz CT molecular complexity index is 1130. The van der Waals surface area contributed by atoms with Gasteiger partial charge in [-0.05, 0) is 26.2 Å². The summed E-state index contributed by atoms with van der Waals surface area (Å²) in [5.41, 5.74) is -1.52. The predicted octanol–water partition coefficient (Wildman–Crippen LogP) is 2.46. The Kier molecular flexibility index (Phi) is 6.43. The number of aromatic nitrogens is 2. The molecule has 0 radical (unpaired) electrons. The van der Waals surface area contributed by atoms with Crippen LogP contribution in [0.1, 0.15) is 24.8 Å². The summed E-state index contributed by atoms with van der Waals surface area (Å²) < 4.78 is 28.3. The predicted molar refractivity (Wildman–Crippen MR) is 118 cm³/mol. The number of nitro groups is 2. The highest BCUT2D eigenvalue weighted by molar-refractivity contribution is 7.92. The molecule has 3 rings (SSSR count). The molecule has 2 heterocycles. The maximum atomic E-state index is 13.0. The molecule has 1 aromatic carbocycles. The third-order valence-electron chi connectivity index (χ3n) is 5.09. The number of nitrogens with zero attached hydrogens (tertiary/aromatic N) is 6. The topological polar surface area (TPSA) is 165 Å². The zero-order valence-electron chi connectivity index (χ0n) is 17.8. The number of hydrogen-bond donors (Lipinski definition) is 1. The second-order valence-electron chi connectivity index (χ2n) is 7.56. The smallest absolute Gasteiger partial charge is 0.280 e. The number of rotatable bonds is 7. The van der Waals surface area contributed by atoms with Crippen LogP contribution < -0.4 is 14.5 Å². The van der Waals surface area contributed by atoms with Gasteiger partial charge in [0.1, 0.15) is 16.1 Å². The average Bonchev–Trinajstić information content (AvgIpc) is 2.73. The lowest BCUT2D eigenvalue weighted by Gasteiger charge is -2.28. The van der Waals surface area contributed by atoms with Gasteiger partial charge in [-0.2, -0.15) is 4.98 Å². The van der Waals surface area contributed by atoms with E-state index in [1.54, 1.807) is 19.0 Å². The Morgan fingerprint density at radius 1 is 1.06 bits per heavy atom. The van der Waals surface area contributed by atoms with Gasteiger partial charge in [0.05, 0.1) is 16.0 Å². The molecule has 172 valence electrons. The summed E-state index contributed by atoms with van der Waals surface area (Å²) in [4.78, 5) is 32.7. The lowest BCUT2D eigenvalue weighted by atomic mass is 10.1. The van der Waals surface area contributed by atoms with E-state index in [1.807, 2.05) is 4.90 Å². The summed E-state index contributed by atoms with van der Waals surface area (Å²) in [7, 11) is -1.05. The van der Waals surface area contributed by atoms with Crippen LogP contribution in [0.3, 0.4) is 0 Å². The Morgan fingerprint density at radius 2 is 1.62 bits per heavy atom. The molecule has 1 aliphatic rings. The molecule has 1 N–H and O–H groups in total. The van der Waals surface area contributed by atoms with Gasteiger partial charge >= 0.3 is 0 Å². The molecule has 2 aromatic rings. The van der Waals surface area contributed by atoms with Crippen molar-refractivity contribution in [3.63, 3.8) is 0 Å². The molecule has 0 amide bonds. The monoisotopic (exact) mass is 465 g/mol. The quantitative estimate of drug-likeness (QED) is 0.474. The van der Waals surface area contributed by atoms with Gasteiger partial charge < -0.3 is 9.80 Å². The first-order chi connectivity index (χ1) is 15.0. The van der Waals surface area contributed by atoms with Crippen LogP contribution >= 0.6 is 0 Å². The molecule has 0 saturated carbocycles. The minimum atomic E-state index is -4.42. The maximum Gasteiger partial charge on any atom is 0.280 e. The number of anilines is 3. The Hall–Kier alpha value is -3.55. The number of sulfonamides is 1. The van der Waals surface area contributed by atoms with Crippen molar-refractivity contribution in [2.45, 2.75) is 31.1 Å². The number of piperidine rings is 1. The normalized spacial score (nSPS) is 14.2. The minimum absolute atomic E-state index is 0.0432. The molecular formula is C18H23N7O6S. The SMILES string of the molecule is Cc1c([N+](=O)[O-])cc(S(=O)(=O)Nc2cnc(N3CCCCC3)nc2N(C)C)cc1[N+](=O)[O-].